The lowest BCUT2D eigenvalue weighted by Gasteiger charge is -2.14. The quantitative estimate of drug-likeness (QED) is 0.796. The minimum absolute atomic E-state index is 0.0989. The highest BCUT2D eigenvalue weighted by Gasteiger charge is 2.15. The average molecular weight is 292 g/mol. The minimum atomic E-state index is -0.919. The minimum Gasteiger partial charge on any atom is -0.481 e. The van der Waals surface area contributed by atoms with E-state index >= 15 is 0 Å². The predicted molar refractivity (Wildman–Crippen MR) is 76.9 cm³/mol. The van der Waals surface area contributed by atoms with E-state index < -0.39 is 12.0 Å². The lowest BCUT2D eigenvalue weighted by molar-refractivity contribution is -0.137. The molecular formula is C15H14ClNO3. The molecule has 2 rings (SSSR count). The highest BCUT2D eigenvalue weighted by molar-refractivity contribution is 6.13. The second kappa shape index (κ2) is 6.93. The number of para-hydroxylation sites is 1. The van der Waals surface area contributed by atoms with Crippen LogP contribution in [0, 0.1) is 0 Å². The number of rotatable bonds is 6. The number of carbonyl (C=O) groups is 1. The molecule has 0 spiro atoms. The maximum absolute atomic E-state index is 10.8. The standard InChI is InChI=1S/C15H14ClNO3/c16-17-14(10-15(18)19)11-5-4-8-13(9-11)20-12-6-2-1-3-7-12/h1-9,14,17H,10H2,(H,18,19). The molecule has 0 aliphatic carbocycles. The van der Waals surface area contributed by atoms with E-state index in [-0.39, 0.29) is 6.42 Å². The van der Waals surface area contributed by atoms with Gasteiger partial charge < -0.3 is 9.84 Å². The Kier molecular flexibility index (Phi) is 4.98. The van der Waals surface area contributed by atoms with E-state index in [1.165, 1.54) is 0 Å². The third kappa shape index (κ3) is 3.98. The van der Waals surface area contributed by atoms with Crippen LogP contribution >= 0.6 is 11.8 Å². The summed E-state index contributed by atoms with van der Waals surface area (Å²) in [5.74, 6) is 0.437. The molecule has 2 aromatic carbocycles. The second-order valence-electron chi connectivity index (χ2n) is 4.25. The molecule has 0 bridgehead atoms. The second-order valence-corrected chi connectivity index (χ2v) is 4.47. The molecule has 0 radical (unpaired) electrons. The molecule has 4 nitrogen and oxygen atoms in total. The van der Waals surface area contributed by atoms with Gasteiger partial charge in [-0.1, -0.05) is 30.3 Å². The highest BCUT2D eigenvalue weighted by atomic mass is 35.5. The van der Waals surface area contributed by atoms with E-state index in [2.05, 4.69) is 4.84 Å². The number of halogens is 1. The summed E-state index contributed by atoms with van der Waals surface area (Å²) in [6.45, 7) is 0. The summed E-state index contributed by atoms with van der Waals surface area (Å²) in [6.07, 6.45) is -0.0989. The summed E-state index contributed by atoms with van der Waals surface area (Å²) < 4.78 is 5.70. The number of carboxylic acid groups (broad SMARTS) is 1. The van der Waals surface area contributed by atoms with Gasteiger partial charge in [-0.2, -0.15) is 0 Å². The van der Waals surface area contributed by atoms with Crippen LogP contribution in [0.3, 0.4) is 0 Å². The highest BCUT2D eigenvalue weighted by Crippen LogP contribution is 2.26. The molecule has 0 fully saturated rings. The summed E-state index contributed by atoms with van der Waals surface area (Å²) in [4.78, 5) is 13.3. The first-order valence-corrected chi connectivity index (χ1v) is 6.47. The lowest BCUT2D eigenvalue weighted by atomic mass is 10.0. The molecule has 0 amide bonds. The Balaban J connectivity index is 2.16. The lowest BCUT2D eigenvalue weighted by Crippen LogP contribution is -2.15. The Hall–Kier alpha value is -2.04. The molecule has 0 saturated heterocycles. The number of hydrogen-bond donors (Lipinski definition) is 2. The molecule has 20 heavy (non-hydrogen) atoms. The Morgan fingerprint density at radius 2 is 1.85 bits per heavy atom. The average Bonchev–Trinajstić information content (AvgIpc) is 2.46. The Labute approximate surface area is 122 Å². The van der Waals surface area contributed by atoms with Crippen LogP contribution in [0.15, 0.2) is 54.6 Å². The van der Waals surface area contributed by atoms with Gasteiger partial charge in [0.2, 0.25) is 0 Å². The molecule has 0 aliphatic rings. The number of hydrogen-bond acceptors (Lipinski definition) is 3. The zero-order valence-electron chi connectivity index (χ0n) is 10.6. The van der Waals surface area contributed by atoms with Crippen molar-refractivity contribution in [2.24, 2.45) is 0 Å². The molecule has 1 unspecified atom stereocenters. The van der Waals surface area contributed by atoms with E-state index in [1.54, 1.807) is 18.2 Å². The fourth-order valence-corrected chi connectivity index (χ4v) is 2.02. The molecule has 0 aromatic heterocycles. The summed E-state index contributed by atoms with van der Waals surface area (Å²) in [7, 11) is 0. The third-order valence-corrected chi connectivity index (χ3v) is 3.01. The van der Waals surface area contributed by atoms with Crippen molar-refractivity contribution in [1.29, 1.82) is 0 Å². The summed E-state index contributed by atoms with van der Waals surface area (Å²) in [5.41, 5.74) is 0.760. The molecule has 2 aromatic rings. The Bertz CT molecular complexity index is 574. The van der Waals surface area contributed by atoms with Gasteiger partial charge in [0.05, 0.1) is 12.5 Å². The number of ether oxygens (including phenoxy) is 1. The zero-order valence-corrected chi connectivity index (χ0v) is 11.4. The summed E-state index contributed by atoms with van der Waals surface area (Å²) >= 11 is 5.60. The van der Waals surface area contributed by atoms with Crippen LogP contribution in [0.1, 0.15) is 18.0 Å². The molecule has 2 N–H and O–H groups in total. The van der Waals surface area contributed by atoms with E-state index in [9.17, 15) is 4.79 Å². The molecule has 0 aliphatic heterocycles. The van der Waals surface area contributed by atoms with Gasteiger partial charge in [-0.3, -0.25) is 4.79 Å². The van der Waals surface area contributed by atoms with Crippen LogP contribution in [0.4, 0.5) is 0 Å². The first-order chi connectivity index (χ1) is 9.69. The molecule has 0 saturated carbocycles. The van der Waals surface area contributed by atoms with Gasteiger partial charge in [0.15, 0.2) is 0 Å². The van der Waals surface area contributed by atoms with E-state index in [0.717, 1.165) is 11.3 Å². The fourth-order valence-electron chi connectivity index (χ4n) is 1.81. The maximum atomic E-state index is 10.8. The van der Waals surface area contributed by atoms with Crippen molar-refractivity contribution in [3.8, 4) is 11.5 Å². The monoisotopic (exact) mass is 291 g/mol. The van der Waals surface area contributed by atoms with Crippen molar-refractivity contribution >= 4 is 17.7 Å². The van der Waals surface area contributed by atoms with E-state index in [0.29, 0.717) is 5.75 Å². The molecule has 0 heterocycles. The van der Waals surface area contributed by atoms with Crippen molar-refractivity contribution in [2.75, 3.05) is 0 Å². The maximum Gasteiger partial charge on any atom is 0.305 e. The van der Waals surface area contributed by atoms with Crippen LogP contribution < -0.4 is 9.57 Å². The van der Waals surface area contributed by atoms with Gasteiger partial charge in [0.25, 0.3) is 0 Å². The van der Waals surface area contributed by atoms with Crippen LogP contribution in [-0.2, 0) is 4.79 Å². The molecule has 104 valence electrons. The van der Waals surface area contributed by atoms with E-state index in [4.69, 9.17) is 21.6 Å². The van der Waals surface area contributed by atoms with Crippen LogP contribution in [0.25, 0.3) is 0 Å². The molecular weight excluding hydrogens is 278 g/mol. The van der Waals surface area contributed by atoms with Crippen LogP contribution in [0.2, 0.25) is 0 Å². The smallest absolute Gasteiger partial charge is 0.305 e. The number of nitrogens with one attached hydrogen (secondary N) is 1. The topological polar surface area (TPSA) is 58.6 Å². The number of aliphatic carboxylic acids is 1. The van der Waals surface area contributed by atoms with Crippen molar-refractivity contribution in [1.82, 2.24) is 4.84 Å². The normalized spacial score (nSPS) is 11.8. The molecule has 1 atom stereocenters. The van der Waals surface area contributed by atoms with Gasteiger partial charge >= 0.3 is 5.97 Å². The first kappa shape index (κ1) is 14.4. The van der Waals surface area contributed by atoms with Gasteiger partial charge in [0, 0.05) is 0 Å². The van der Waals surface area contributed by atoms with Crippen molar-refractivity contribution in [2.45, 2.75) is 12.5 Å². The van der Waals surface area contributed by atoms with Crippen molar-refractivity contribution in [3.63, 3.8) is 0 Å². The number of benzene rings is 2. The van der Waals surface area contributed by atoms with Gasteiger partial charge in [-0.15, -0.1) is 0 Å². The van der Waals surface area contributed by atoms with Crippen molar-refractivity contribution in [3.05, 3.63) is 60.2 Å². The zero-order chi connectivity index (χ0) is 14.4. The summed E-state index contributed by atoms with van der Waals surface area (Å²) in [5, 5.41) is 8.85. The van der Waals surface area contributed by atoms with Crippen molar-refractivity contribution < 1.29 is 14.6 Å². The Morgan fingerprint density at radius 1 is 1.15 bits per heavy atom. The van der Waals surface area contributed by atoms with Crippen LogP contribution in [-0.4, -0.2) is 11.1 Å². The van der Waals surface area contributed by atoms with Gasteiger partial charge in [-0.05, 0) is 41.6 Å². The largest absolute Gasteiger partial charge is 0.481 e. The van der Waals surface area contributed by atoms with E-state index in [1.807, 2.05) is 36.4 Å². The fraction of sp³-hybridized carbons (Fsp3) is 0.133. The van der Waals surface area contributed by atoms with Gasteiger partial charge in [-0.25, -0.2) is 4.84 Å². The first-order valence-electron chi connectivity index (χ1n) is 6.10. The van der Waals surface area contributed by atoms with Gasteiger partial charge in [0.1, 0.15) is 11.5 Å². The Morgan fingerprint density at radius 3 is 2.50 bits per heavy atom. The third-order valence-electron chi connectivity index (χ3n) is 2.75. The van der Waals surface area contributed by atoms with Crippen LogP contribution in [0.5, 0.6) is 11.5 Å². The number of carboxylic acids is 1. The predicted octanol–water partition coefficient (Wildman–Crippen LogP) is 3.74. The summed E-state index contributed by atoms with van der Waals surface area (Å²) in [6, 6.07) is 16.1. The molecule has 5 heteroatoms. The SMILES string of the molecule is O=C(O)CC(NCl)c1cccc(Oc2ccccc2)c1.